The van der Waals surface area contributed by atoms with E-state index in [1.807, 2.05) is 6.92 Å². The Morgan fingerprint density at radius 1 is 1.53 bits per heavy atom. The fraction of sp³-hybridized carbons (Fsp3) is 0.800. The van der Waals surface area contributed by atoms with E-state index in [1.165, 1.54) is 11.8 Å². The maximum Gasteiger partial charge on any atom is 0.330 e. The molecule has 15 heavy (non-hydrogen) atoms. The summed E-state index contributed by atoms with van der Waals surface area (Å²) in [5.74, 6) is -0.103. The highest BCUT2D eigenvalue weighted by molar-refractivity contribution is 8.00. The quantitative estimate of drug-likeness (QED) is 0.776. The summed E-state index contributed by atoms with van der Waals surface area (Å²) in [4.78, 5) is 24.2. The first-order valence-corrected chi connectivity index (χ1v) is 6.07. The Kier molecular flexibility index (Phi) is 3.65. The van der Waals surface area contributed by atoms with E-state index in [-0.39, 0.29) is 11.2 Å². The molecule has 0 aliphatic carbocycles. The highest BCUT2D eigenvalue weighted by Crippen LogP contribution is 2.38. The van der Waals surface area contributed by atoms with Gasteiger partial charge in [0.15, 0.2) is 5.54 Å². The molecule has 5 heteroatoms. The van der Waals surface area contributed by atoms with E-state index in [4.69, 9.17) is 0 Å². The van der Waals surface area contributed by atoms with Gasteiger partial charge in [0.2, 0.25) is 5.91 Å². The number of carboxylic acid groups (broad SMARTS) is 1. The van der Waals surface area contributed by atoms with E-state index in [9.17, 15) is 14.7 Å². The van der Waals surface area contributed by atoms with Crippen LogP contribution in [0, 0.1) is 0 Å². The Bertz CT molecular complexity index is 282. The van der Waals surface area contributed by atoms with Crippen LogP contribution in [0.25, 0.3) is 0 Å². The second-order valence-corrected chi connectivity index (χ2v) is 5.37. The molecule has 0 aromatic heterocycles. The predicted octanol–water partition coefficient (Wildman–Crippen LogP) is 1.20. The number of carbonyl (C=O) groups excluding carboxylic acids is 1. The van der Waals surface area contributed by atoms with Crippen LogP contribution in [0.5, 0.6) is 0 Å². The van der Waals surface area contributed by atoms with Gasteiger partial charge in [-0.3, -0.25) is 4.79 Å². The highest BCUT2D eigenvalue weighted by atomic mass is 32.2. The van der Waals surface area contributed by atoms with Crippen molar-refractivity contribution in [2.24, 2.45) is 0 Å². The van der Waals surface area contributed by atoms with Crippen molar-refractivity contribution >= 4 is 23.6 Å². The first-order chi connectivity index (χ1) is 6.93. The predicted molar refractivity (Wildman–Crippen MR) is 60.0 cm³/mol. The molecule has 0 saturated carbocycles. The Morgan fingerprint density at radius 2 is 2.13 bits per heavy atom. The van der Waals surface area contributed by atoms with Crippen molar-refractivity contribution < 1.29 is 14.7 Å². The molecule has 0 spiro atoms. The number of thioether (sulfide) groups is 1. The number of hydrogen-bond donors (Lipinski definition) is 1. The number of hydrogen-bond acceptors (Lipinski definition) is 3. The van der Waals surface area contributed by atoms with Crippen LogP contribution in [-0.4, -0.2) is 45.5 Å². The molecule has 0 aromatic carbocycles. The van der Waals surface area contributed by atoms with Crippen molar-refractivity contribution in [2.45, 2.75) is 37.5 Å². The van der Waals surface area contributed by atoms with E-state index < -0.39 is 11.5 Å². The van der Waals surface area contributed by atoms with Gasteiger partial charge in [-0.25, -0.2) is 4.79 Å². The van der Waals surface area contributed by atoms with Crippen molar-refractivity contribution in [3.05, 3.63) is 0 Å². The van der Waals surface area contributed by atoms with Gasteiger partial charge < -0.3 is 10.0 Å². The minimum Gasteiger partial charge on any atom is -0.479 e. The second-order valence-electron chi connectivity index (χ2n) is 3.92. The van der Waals surface area contributed by atoms with Crippen LogP contribution in [0.2, 0.25) is 0 Å². The second kappa shape index (κ2) is 4.43. The Morgan fingerprint density at radius 3 is 2.53 bits per heavy atom. The van der Waals surface area contributed by atoms with Crippen LogP contribution in [0.4, 0.5) is 0 Å². The number of rotatable bonds is 2. The van der Waals surface area contributed by atoms with Gasteiger partial charge in [0, 0.05) is 19.2 Å². The average molecular weight is 231 g/mol. The largest absolute Gasteiger partial charge is 0.479 e. The third-order valence-corrected chi connectivity index (χ3v) is 4.60. The summed E-state index contributed by atoms with van der Waals surface area (Å²) in [6.07, 6.45) is 1.39. The SMILES string of the molecule is CC(=O)N(C)C1(C(=O)O)CCCSC1C. The molecule has 1 heterocycles. The van der Waals surface area contributed by atoms with Gasteiger partial charge in [-0.1, -0.05) is 6.92 Å². The lowest BCUT2D eigenvalue weighted by Crippen LogP contribution is -2.61. The fourth-order valence-corrected chi connectivity index (χ4v) is 3.41. The standard InChI is InChI=1S/C10H17NO3S/c1-7-10(9(13)14,5-4-6-15-7)11(3)8(2)12/h7H,4-6H2,1-3H3,(H,13,14). The van der Waals surface area contributed by atoms with E-state index in [2.05, 4.69) is 0 Å². The molecule has 86 valence electrons. The maximum absolute atomic E-state index is 11.4. The fourth-order valence-electron chi connectivity index (χ4n) is 2.09. The monoisotopic (exact) mass is 231 g/mol. The maximum atomic E-state index is 11.4. The smallest absolute Gasteiger partial charge is 0.330 e. The van der Waals surface area contributed by atoms with Gasteiger partial charge >= 0.3 is 5.97 Å². The number of likely N-dealkylation sites (N-methyl/N-ethyl adjacent to an activating group) is 1. The zero-order valence-electron chi connectivity index (χ0n) is 9.32. The highest BCUT2D eigenvalue weighted by Gasteiger charge is 2.50. The Balaban J connectivity index is 3.06. The summed E-state index contributed by atoms with van der Waals surface area (Å²) in [6.45, 7) is 3.30. The molecule has 1 N–H and O–H groups in total. The molecular formula is C10H17NO3S. The van der Waals surface area contributed by atoms with Crippen molar-refractivity contribution in [2.75, 3.05) is 12.8 Å². The van der Waals surface area contributed by atoms with Crippen LogP contribution in [0.15, 0.2) is 0 Å². The molecule has 0 bridgehead atoms. The van der Waals surface area contributed by atoms with Crippen LogP contribution in [0.3, 0.4) is 0 Å². The first-order valence-electron chi connectivity index (χ1n) is 5.02. The number of carbonyl (C=O) groups is 2. The van der Waals surface area contributed by atoms with E-state index in [0.717, 1.165) is 12.2 Å². The van der Waals surface area contributed by atoms with Crippen molar-refractivity contribution in [3.63, 3.8) is 0 Å². The lowest BCUT2D eigenvalue weighted by atomic mass is 9.88. The zero-order valence-corrected chi connectivity index (χ0v) is 10.1. The van der Waals surface area contributed by atoms with E-state index in [1.54, 1.807) is 18.8 Å². The topological polar surface area (TPSA) is 57.6 Å². The molecule has 1 rings (SSSR count). The van der Waals surface area contributed by atoms with Gasteiger partial charge in [0.1, 0.15) is 0 Å². The molecule has 2 atom stereocenters. The van der Waals surface area contributed by atoms with E-state index >= 15 is 0 Å². The summed E-state index contributed by atoms with van der Waals surface area (Å²) >= 11 is 1.62. The van der Waals surface area contributed by atoms with Gasteiger partial charge in [0.25, 0.3) is 0 Å². The van der Waals surface area contributed by atoms with Crippen LogP contribution in [-0.2, 0) is 9.59 Å². The van der Waals surface area contributed by atoms with Crippen LogP contribution >= 0.6 is 11.8 Å². The Labute approximate surface area is 94.0 Å². The van der Waals surface area contributed by atoms with Crippen LogP contribution in [0.1, 0.15) is 26.7 Å². The molecule has 1 fully saturated rings. The molecule has 2 unspecified atom stereocenters. The molecular weight excluding hydrogens is 214 g/mol. The van der Waals surface area contributed by atoms with Crippen molar-refractivity contribution in [1.82, 2.24) is 4.90 Å². The third-order valence-electron chi connectivity index (χ3n) is 3.18. The molecule has 4 nitrogen and oxygen atoms in total. The van der Waals surface area contributed by atoms with Gasteiger partial charge in [0.05, 0.1) is 0 Å². The third kappa shape index (κ3) is 1.97. The normalized spacial score (nSPS) is 31.0. The molecule has 1 amide bonds. The molecule has 1 aliphatic rings. The number of aliphatic carboxylic acids is 1. The van der Waals surface area contributed by atoms with Crippen molar-refractivity contribution in [3.8, 4) is 0 Å². The molecule has 0 aromatic rings. The number of carboxylic acids is 1. The van der Waals surface area contributed by atoms with Gasteiger partial charge in [-0.05, 0) is 18.6 Å². The lowest BCUT2D eigenvalue weighted by Gasteiger charge is -2.44. The Hall–Kier alpha value is -0.710. The average Bonchev–Trinajstić information content (AvgIpc) is 2.17. The molecule has 1 aliphatic heterocycles. The summed E-state index contributed by atoms with van der Waals surface area (Å²) in [5, 5.41) is 9.31. The minimum absolute atomic E-state index is 0.0577. The number of amides is 1. The molecule has 0 radical (unpaired) electrons. The number of nitrogens with zero attached hydrogens (tertiary/aromatic N) is 1. The summed E-state index contributed by atoms with van der Waals surface area (Å²) in [5.41, 5.74) is -1.02. The van der Waals surface area contributed by atoms with Crippen LogP contribution < -0.4 is 0 Å². The molecule has 1 saturated heterocycles. The van der Waals surface area contributed by atoms with Gasteiger partial charge in [-0.2, -0.15) is 11.8 Å². The summed E-state index contributed by atoms with van der Waals surface area (Å²) in [7, 11) is 1.58. The van der Waals surface area contributed by atoms with Crippen molar-refractivity contribution in [1.29, 1.82) is 0 Å². The summed E-state index contributed by atoms with van der Waals surface area (Å²) < 4.78 is 0. The van der Waals surface area contributed by atoms with Gasteiger partial charge in [-0.15, -0.1) is 0 Å². The zero-order chi connectivity index (χ0) is 11.6. The van der Waals surface area contributed by atoms with E-state index in [0.29, 0.717) is 6.42 Å². The minimum atomic E-state index is -1.02. The lowest BCUT2D eigenvalue weighted by molar-refractivity contribution is -0.157. The first kappa shape index (κ1) is 12.4. The summed E-state index contributed by atoms with van der Waals surface area (Å²) in [6, 6.07) is 0.